The number of fused-ring (bicyclic) bond motifs is 1. The minimum Gasteiger partial charge on any atom is -0.483 e. The van der Waals surface area contributed by atoms with Crippen molar-refractivity contribution < 1.29 is 28.2 Å². The molecule has 3 heterocycles. The van der Waals surface area contributed by atoms with Crippen LogP contribution in [0.1, 0.15) is 61.0 Å². The van der Waals surface area contributed by atoms with Crippen LogP contribution in [0.3, 0.4) is 0 Å². The molecule has 2 aromatic carbocycles. The fraction of sp³-hybridized carbons (Fsp3) is 0.419. The number of halogens is 2. The highest BCUT2D eigenvalue weighted by atomic mass is 19.1. The SMILES string of the molecule is CC(Cn1c(CN2CCCCC2)nc2ccc(C(=O)O)cc21)OC1CC1.O=c1ccnc(COc2ccc(F)cc2F)[nH]1. The summed E-state index contributed by atoms with van der Waals surface area (Å²) in [5, 5.41) is 9.35. The molecule has 1 saturated carbocycles. The van der Waals surface area contributed by atoms with Crippen LogP contribution in [-0.2, 0) is 24.4 Å². The van der Waals surface area contributed by atoms with E-state index in [1.165, 1.54) is 37.6 Å². The van der Waals surface area contributed by atoms with E-state index in [0.29, 0.717) is 18.2 Å². The Balaban J connectivity index is 0.000000188. The lowest BCUT2D eigenvalue weighted by Gasteiger charge is -2.26. The van der Waals surface area contributed by atoms with Gasteiger partial charge in [-0.25, -0.2) is 23.5 Å². The predicted octanol–water partition coefficient (Wildman–Crippen LogP) is 4.92. The number of carbonyl (C=O) groups is 1. The molecule has 2 aromatic heterocycles. The van der Waals surface area contributed by atoms with Crippen molar-refractivity contribution in [3.05, 3.63) is 87.9 Å². The summed E-state index contributed by atoms with van der Waals surface area (Å²) in [6, 6.07) is 9.43. The molecule has 12 heteroatoms. The Labute approximate surface area is 247 Å². The van der Waals surface area contributed by atoms with Crippen molar-refractivity contribution in [1.82, 2.24) is 24.4 Å². The third kappa shape index (κ3) is 8.45. The van der Waals surface area contributed by atoms with E-state index in [4.69, 9.17) is 14.5 Å². The van der Waals surface area contributed by atoms with Gasteiger partial charge < -0.3 is 24.1 Å². The number of H-pyrrole nitrogens is 1. The van der Waals surface area contributed by atoms with E-state index in [9.17, 15) is 23.5 Å². The van der Waals surface area contributed by atoms with Gasteiger partial charge in [0.25, 0.3) is 5.56 Å². The largest absolute Gasteiger partial charge is 0.483 e. The molecule has 228 valence electrons. The highest BCUT2D eigenvalue weighted by molar-refractivity contribution is 5.92. The maximum atomic E-state index is 13.2. The average molecular weight is 596 g/mol. The summed E-state index contributed by atoms with van der Waals surface area (Å²) in [6.45, 7) is 5.73. The van der Waals surface area contributed by atoms with E-state index in [1.54, 1.807) is 12.1 Å². The lowest BCUT2D eigenvalue weighted by atomic mass is 10.1. The van der Waals surface area contributed by atoms with Crippen LogP contribution in [0.4, 0.5) is 8.78 Å². The van der Waals surface area contributed by atoms with Crippen LogP contribution in [-0.4, -0.2) is 60.8 Å². The van der Waals surface area contributed by atoms with E-state index in [2.05, 4.69) is 26.4 Å². The van der Waals surface area contributed by atoms with Crippen LogP contribution in [0.25, 0.3) is 11.0 Å². The zero-order chi connectivity index (χ0) is 30.3. The molecule has 43 heavy (non-hydrogen) atoms. The molecule has 2 N–H and O–H groups in total. The van der Waals surface area contributed by atoms with Gasteiger partial charge in [-0.1, -0.05) is 6.42 Å². The molecule has 10 nitrogen and oxygen atoms in total. The maximum Gasteiger partial charge on any atom is 0.335 e. The third-order valence-electron chi connectivity index (χ3n) is 7.26. The lowest BCUT2D eigenvalue weighted by molar-refractivity contribution is 0.0410. The molecule has 1 aliphatic heterocycles. The number of ether oxygens (including phenoxy) is 2. The number of piperidine rings is 1. The first-order valence-electron chi connectivity index (χ1n) is 14.5. The van der Waals surface area contributed by atoms with Gasteiger partial charge in [0.15, 0.2) is 11.6 Å². The van der Waals surface area contributed by atoms with Crippen molar-refractivity contribution in [3.63, 3.8) is 0 Å². The number of carboxylic acids is 1. The van der Waals surface area contributed by atoms with Crippen molar-refractivity contribution in [2.75, 3.05) is 13.1 Å². The smallest absolute Gasteiger partial charge is 0.335 e. The predicted molar refractivity (Wildman–Crippen MR) is 155 cm³/mol. The van der Waals surface area contributed by atoms with Crippen molar-refractivity contribution in [3.8, 4) is 5.75 Å². The molecule has 4 aromatic rings. The van der Waals surface area contributed by atoms with Crippen molar-refractivity contribution in [2.45, 2.75) is 70.9 Å². The van der Waals surface area contributed by atoms with Gasteiger partial charge in [-0.05, 0) is 76.0 Å². The number of hydrogen-bond acceptors (Lipinski definition) is 7. The molecule has 0 spiro atoms. The number of nitrogens with zero attached hydrogens (tertiary/aromatic N) is 4. The number of aromatic amines is 1. The zero-order valence-corrected chi connectivity index (χ0v) is 24.0. The summed E-state index contributed by atoms with van der Waals surface area (Å²) in [7, 11) is 0. The van der Waals surface area contributed by atoms with E-state index in [0.717, 1.165) is 61.5 Å². The first kappa shape index (κ1) is 30.3. The molecule has 1 atom stereocenters. The monoisotopic (exact) mass is 595 g/mol. The van der Waals surface area contributed by atoms with Crippen LogP contribution in [0.15, 0.2) is 53.5 Å². The summed E-state index contributed by atoms with van der Waals surface area (Å²) in [6.07, 6.45) is 7.90. The number of rotatable bonds is 10. The number of aromatic nitrogens is 4. The zero-order valence-electron chi connectivity index (χ0n) is 24.0. The number of carboxylic acid groups (broad SMARTS) is 1. The van der Waals surface area contributed by atoms with Crippen LogP contribution in [0.5, 0.6) is 5.75 Å². The van der Waals surface area contributed by atoms with E-state index < -0.39 is 17.6 Å². The molecular formula is C31H35F2N5O5. The highest BCUT2D eigenvalue weighted by Gasteiger charge is 2.26. The molecule has 6 rings (SSSR count). The Morgan fingerprint density at radius 2 is 1.91 bits per heavy atom. The summed E-state index contributed by atoms with van der Waals surface area (Å²) in [4.78, 5) is 35.9. The fourth-order valence-electron chi connectivity index (χ4n) is 5.00. The molecule has 1 saturated heterocycles. The van der Waals surface area contributed by atoms with Gasteiger partial charge in [-0.3, -0.25) is 9.69 Å². The Bertz CT molecular complexity index is 1610. The normalized spacial score (nSPS) is 16.0. The topological polar surface area (TPSA) is 123 Å². The molecule has 1 aliphatic carbocycles. The third-order valence-corrected chi connectivity index (χ3v) is 7.26. The fourth-order valence-corrected chi connectivity index (χ4v) is 5.00. The lowest BCUT2D eigenvalue weighted by Crippen LogP contribution is -2.31. The van der Waals surface area contributed by atoms with Gasteiger partial charge in [0.1, 0.15) is 24.1 Å². The highest BCUT2D eigenvalue weighted by Crippen LogP contribution is 2.27. The Morgan fingerprint density at radius 3 is 2.60 bits per heavy atom. The minimum absolute atomic E-state index is 0.0912. The van der Waals surface area contributed by atoms with Gasteiger partial charge in [0, 0.05) is 18.3 Å². The van der Waals surface area contributed by atoms with E-state index in [-0.39, 0.29) is 29.8 Å². The second kappa shape index (κ2) is 13.9. The Kier molecular flexibility index (Phi) is 9.78. The number of aromatic carboxylic acids is 1. The van der Waals surface area contributed by atoms with Crippen molar-refractivity contribution >= 4 is 17.0 Å². The van der Waals surface area contributed by atoms with Crippen LogP contribution in [0.2, 0.25) is 0 Å². The van der Waals surface area contributed by atoms with Gasteiger partial charge in [0.2, 0.25) is 0 Å². The standard InChI is InChI=1S/C20H27N3O3.C11H8F2N2O2/c1-14(26-16-6-7-16)12-23-18-11-15(20(24)25)5-8-17(18)21-19(23)13-22-9-3-2-4-10-22;12-7-1-2-9(8(13)5-7)17-6-10-14-4-3-11(16)15-10/h5,8,11,14,16H,2-4,6-7,9-10,12-13H2,1H3,(H,24,25);1-5H,6H2,(H,14,15,16). The number of nitrogens with one attached hydrogen (secondary N) is 1. The van der Waals surface area contributed by atoms with Crippen molar-refractivity contribution in [2.24, 2.45) is 0 Å². The molecule has 0 radical (unpaired) electrons. The number of imidazole rings is 1. The number of hydrogen-bond donors (Lipinski definition) is 2. The quantitative estimate of drug-likeness (QED) is 0.265. The molecule has 0 bridgehead atoms. The van der Waals surface area contributed by atoms with Gasteiger partial charge in [-0.15, -0.1) is 0 Å². The molecule has 0 amide bonds. The van der Waals surface area contributed by atoms with Crippen molar-refractivity contribution in [1.29, 1.82) is 0 Å². The molecule has 1 unspecified atom stereocenters. The summed E-state index contributed by atoms with van der Waals surface area (Å²) in [5.74, 6) is -1.21. The van der Waals surface area contributed by atoms with Gasteiger partial charge in [0.05, 0.1) is 41.9 Å². The second-order valence-corrected chi connectivity index (χ2v) is 10.9. The molecule has 2 aliphatic rings. The average Bonchev–Trinajstić information content (AvgIpc) is 3.74. The summed E-state index contributed by atoms with van der Waals surface area (Å²) >= 11 is 0. The second-order valence-electron chi connectivity index (χ2n) is 10.9. The van der Waals surface area contributed by atoms with Crippen LogP contribution < -0.4 is 10.3 Å². The summed E-state index contributed by atoms with van der Waals surface area (Å²) < 4.78 is 39.0. The first-order valence-corrected chi connectivity index (χ1v) is 14.5. The maximum absolute atomic E-state index is 13.2. The van der Waals surface area contributed by atoms with E-state index >= 15 is 0 Å². The Morgan fingerprint density at radius 1 is 1.12 bits per heavy atom. The van der Waals surface area contributed by atoms with Gasteiger partial charge >= 0.3 is 5.97 Å². The Hall–Kier alpha value is -4.16. The number of likely N-dealkylation sites (tertiary alicyclic amines) is 1. The van der Waals surface area contributed by atoms with Gasteiger partial charge in [-0.2, -0.15) is 0 Å². The minimum atomic E-state index is -0.903. The molecular weight excluding hydrogens is 560 g/mol. The van der Waals surface area contributed by atoms with E-state index in [1.807, 2.05) is 6.07 Å². The molecule has 2 fully saturated rings. The first-order chi connectivity index (χ1) is 20.7. The summed E-state index contributed by atoms with van der Waals surface area (Å²) in [5.41, 5.74) is 1.74. The van der Waals surface area contributed by atoms with Crippen LogP contribution in [0, 0.1) is 11.6 Å². The van der Waals surface area contributed by atoms with Crippen LogP contribution >= 0.6 is 0 Å². The number of benzene rings is 2.